The number of nitrogens with zero attached hydrogens (tertiary/aromatic N) is 2. The molecule has 0 atom stereocenters. The monoisotopic (exact) mass is 456 g/mol. The lowest BCUT2D eigenvalue weighted by molar-refractivity contribution is -0.145. The number of hydrogen-bond donors (Lipinski definition) is 2. The number of ether oxygens (including phenoxy) is 1. The van der Waals surface area contributed by atoms with Gasteiger partial charge in [0.05, 0.1) is 16.0 Å². The van der Waals surface area contributed by atoms with Gasteiger partial charge in [0, 0.05) is 18.3 Å². The molecule has 0 fully saturated rings. The third-order valence-electron chi connectivity index (χ3n) is 4.77. The Morgan fingerprint density at radius 2 is 1.78 bits per heavy atom. The normalized spacial score (nSPS) is 17.0. The van der Waals surface area contributed by atoms with E-state index in [1.165, 1.54) is 31.3 Å². The highest BCUT2D eigenvalue weighted by Crippen LogP contribution is 2.25. The number of carbonyl (C=O) groups excluding carboxylic acids is 4. The number of hydrogen-bond acceptors (Lipinski definition) is 8. The zero-order valence-corrected chi connectivity index (χ0v) is 17.4. The van der Waals surface area contributed by atoms with Crippen molar-refractivity contribution in [3.05, 3.63) is 59.2 Å². The standard InChI is InChI=1S/C20H16N4O7S/c1-24-19(27)12-7-6-11(8-14(12)20(24)28)22-16(25)10-31-17(26)9-21-18-13-4-2-3-5-15(13)32(29,30)23-18/h2-8H,9-10H2,1H3,(H,21,23)(H,22,25). The maximum absolute atomic E-state index is 12.1. The van der Waals surface area contributed by atoms with Gasteiger partial charge in [-0.2, -0.15) is 0 Å². The average molecular weight is 456 g/mol. The van der Waals surface area contributed by atoms with Gasteiger partial charge in [-0.15, -0.1) is 0 Å². The third-order valence-corrected chi connectivity index (χ3v) is 6.16. The Kier molecular flexibility index (Phi) is 5.22. The van der Waals surface area contributed by atoms with E-state index in [1.807, 2.05) is 0 Å². The molecule has 12 heteroatoms. The number of aliphatic imine (C=N–C) groups is 1. The highest BCUT2D eigenvalue weighted by molar-refractivity contribution is 7.90. The summed E-state index contributed by atoms with van der Waals surface area (Å²) in [5.74, 6) is -2.39. The summed E-state index contributed by atoms with van der Waals surface area (Å²) >= 11 is 0. The molecule has 2 N–H and O–H groups in total. The summed E-state index contributed by atoms with van der Waals surface area (Å²) in [6, 6.07) is 10.4. The second-order valence-electron chi connectivity index (χ2n) is 6.91. The minimum Gasteiger partial charge on any atom is -0.454 e. The van der Waals surface area contributed by atoms with E-state index in [4.69, 9.17) is 4.74 Å². The van der Waals surface area contributed by atoms with E-state index >= 15 is 0 Å². The molecular weight excluding hydrogens is 440 g/mol. The van der Waals surface area contributed by atoms with Crippen LogP contribution in [0.15, 0.2) is 52.4 Å². The van der Waals surface area contributed by atoms with Crippen LogP contribution in [0.25, 0.3) is 0 Å². The minimum absolute atomic E-state index is 0.0179. The quantitative estimate of drug-likeness (QED) is 0.479. The lowest BCUT2D eigenvalue weighted by atomic mass is 10.1. The Hall–Kier alpha value is -4.06. The zero-order chi connectivity index (χ0) is 23.0. The minimum atomic E-state index is -3.72. The summed E-state index contributed by atoms with van der Waals surface area (Å²) in [6.07, 6.45) is 0. The van der Waals surface area contributed by atoms with Crippen LogP contribution in [0.1, 0.15) is 26.3 Å². The number of anilines is 1. The maximum Gasteiger partial charge on any atom is 0.328 e. The second-order valence-corrected chi connectivity index (χ2v) is 8.56. The molecule has 0 saturated heterocycles. The van der Waals surface area contributed by atoms with Gasteiger partial charge in [-0.05, 0) is 30.3 Å². The molecule has 0 aromatic heterocycles. The molecular formula is C20H16N4O7S. The molecule has 0 unspecified atom stereocenters. The molecule has 0 saturated carbocycles. The molecule has 0 spiro atoms. The lowest BCUT2D eigenvalue weighted by Gasteiger charge is -2.07. The van der Waals surface area contributed by atoms with E-state index in [-0.39, 0.29) is 27.5 Å². The first-order chi connectivity index (χ1) is 15.2. The third kappa shape index (κ3) is 3.83. The van der Waals surface area contributed by atoms with Gasteiger partial charge < -0.3 is 10.1 Å². The fraction of sp³-hybridized carbons (Fsp3) is 0.150. The van der Waals surface area contributed by atoms with Crippen LogP contribution in [0.3, 0.4) is 0 Å². The van der Waals surface area contributed by atoms with Crippen LogP contribution in [-0.4, -0.2) is 63.0 Å². The number of imide groups is 1. The Morgan fingerprint density at radius 3 is 2.56 bits per heavy atom. The van der Waals surface area contributed by atoms with E-state index < -0.39 is 46.9 Å². The first kappa shape index (κ1) is 21.2. The number of sulfonamides is 1. The molecule has 0 aliphatic carbocycles. The highest BCUT2D eigenvalue weighted by atomic mass is 32.2. The number of amides is 3. The molecule has 3 amide bonds. The maximum atomic E-state index is 12.1. The molecule has 4 rings (SSSR count). The Bertz CT molecular complexity index is 1320. The van der Waals surface area contributed by atoms with Crippen molar-refractivity contribution in [2.75, 3.05) is 25.5 Å². The van der Waals surface area contributed by atoms with E-state index in [0.29, 0.717) is 5.56 Å². The van der Waals surface area contributed by atoms with Crippen molar-refractivity contribution >= 4 is 45.2 Å². The van der Waals surface area contributed by atoms with Crippen molar-refractivity contribution in [2.45, 2.75) is 4.90 Å². The molecule has 32 heavy (non-hydrogen) atoms. The number of esters is 1. The smallest absolute Gasteiger partial charge is 0.328 e. The van der Waals surface area contributed by atoms with Gasteiger partial charge >= 0.3 is 5.97 Å². The molecule has 2 heterocycles. The van der Waals surface area contributed by atoms with Gasteiger partial charge in [-0.25, -0.2) is 8.42 Å². The summed E-state index contributed by atoms with van der Waals surface area (Å²) in [4.78, 5) is 52.9. The van der Waals surface area contributed by atoms with E-state index in [1.54, 1.807) is 18.2 Å². The van der Waals surface area contributed by atoms with Crippen LogP contribution in [-0.2, 0) is 24.3 Å². The first-order valence-corrected chi connectivity index (χ1v) is 10.7. The van der Waals surface area contributed by atoms with Crippen LogP contribution in [0.2, 0.25) is 0 Å². The summed E-state index contributed by atoms with van der Waals surface area (Å²) in [7, 11) is -2.36. The van der Waals surface area contributed by atoms with Gasteiger partial charge in [0.15, 0.2) is 6.61 Å². The number of amidine groups is 1. The topological polar surface area (TPSA) is 151 Å². The lowest BCUT2D eigenvalue weighted by Crippen LogP contribution is -2.25. The van der Waals surface area contributed by atoms with Crippen molar-refractivity contribution < 1.29 is 32.3 Å². The van der Waals surface area contributed by atoms with Gasteiger partial charge in [0.25, 0.3) is 27.7 Å². The van der Waals surface area contributed by atoms with E-state index in [0.717, 1.165) is 4.90 Å². The molecule has 2 aliphatic heterocycles. The average Bonchev–Trinajstić information content (AvgIpc) is 3.16. The number of carbonyl (C=O) groups is 4. The fourth-order valence-electron chi connectivity index (χ4n) is 3.22. The van der Waals surface area contributed by atoms with Gasteiger partial charge in [-0.3, -0.25) is 33.8 Å². The molecule has 2 aromatic carbocycles. The Balaban J connectivity index is 1.33. The predicted molar refractivity (Wildman–Crippen MR) is 111 cm³/mol. The van der Waals surface area contributed by atoms with Crippen LogP contribution in [0, 0.1) is 0 Å². The Morgan fingerprint density at radius 1 is 1.06 bits per heavy atom. The fourth-order valence-corrected chi connectivity index (χ4v) is 4.47. The van der Waals surface area contributed by atoms with Crippen molar-refractivity contribution in [2.24, 2.45) is 4.99 Å². The molecule has 164 valence electrons. The summed E-state index contributed by atoms with van der Waals surface area (Å²) < 4.78 is 31.2. The van der Waals surface area contributed by atoms with Crippen molar-refractivity contribution in [1.29, 1.82) is 0 Å². The van der Waals surface area contributed by atoms with Gasteiger partial charge in [0.1, 0.15) is 12.4 Å². The Labute approximate surface area is 182 Å². The number of benzene rings is 2. The number of nitrogens with one attached hydrogen (secondary N) is 2. The van der Waals surface area contributed by atoms with E-state index in [2.05, 4.69) is 15.0 Å². The summed E-state index contributed by atoms with van der Waals surface area (Å²) in [5.41, 5.74) is 1.01. The van der Waals surface area contributed by atoms with Crippen molar-refractivity contribution in [1.82, 2.24) is 9.62 Å². The van der Waals surface area contributed by atoms with Gasteiger partial charge in [-0.1, -0.05) is 12.1 Å². The molecule has 2 aliphatic rings. The summed E-state index contributed by atoms with van der Waals surface area (Å²) in [5, 5.41) is 2.47. The zero-order valence-electron chi connectivity index (χ0n) is 16.6. The first-order valence-electron chi connectivity index (χ1n) is 9.26. The number of rotatable bonds is 5. The van der Waals surface area contributed by atoms with Crippen LogP contribution >= 0.6 is 0 Å². The van der Waals surface area contributed by atoms with Crippen molar-refractivity contribution in [3.63, 3.8) is 0 Å². The number of fused-ring (bicyclic) bond motifs is 2. The predicted octanol–water partition coefficient (Wildman–Crippen LogP) is 0.133. The molecule has 2 aromatic rings. The molecule has 0 bridgehead atoms. The SMILES string of the molecule is CN1C(=O)c2ccc(NC(=O)COC(=O)CN=C3NS(=O)(=O)c4ccccc43)cc2C1=O. The second kappa shape index (κ2) is 7.89. The van der Waals surface area contributed by atoms with Crippen LogP contribution < -0.4 is 10.0 Å². The van der Waals surface area contributed by atoms with Gasteiger partial charge in [0.2, 0.25) is 0 Å². The van der Waals surface area contributed by atoms with Crippen LogP contribution in [0.4, 0.5) is 5.69 Å². The molecule has 11 nitrogen and oxygen atoms in total. The highest BCUT2D eigenvalue weighted by Gasteiger charge is 2.33. The van der Waals surface area contributed by atoms with Crippen LogP contribution in [0.5, 0.6) is 0 Å². The van der Waals surface area contributed by atoms with Crippen molar-refractivity contribution in [3.8, 4) is 0 Å². The van der Waals surface area contributed by atoms with E-state index in [9.17, 15) is 27.6 Å². The largest absolute Gasteiger partial charge is 0.454 e. The molecule has 0 radical (unpaired) electrons. The summed E-state index contributed by atoms with van der Waals surface area (Å²) in [6.45, 7) is -1.11.